The van der Waals surface area contributed by atoms with Crippen LogP contribution in [0.1, 0.15) is 6.92 Å². The maximum Gasteiger partial charge on any atom is 0.152 e. The van der Waals surface area contributed by atoms with E-state index in [1.165, 1.54) is 0 Å². The Morgan fingerprint density at radius 3 is 3.17 bits per heavy atom. The summed E-state index contributed by atoms with van der Waals surface area (Å²) in [7, 11) is 0. The predicted octanol–water partition coefficient (Wildman–Crippen LogP) is 1.53. The van der Waals surface area contributed by atoms with Gasteiger partial charge in [-0.15, -0.1) is 0 Å². The molecule has 1 fully saturated rings. The third-order valence-corrected chi connectivity index (χ3v) is 3.22. The first kappa shape index (κ1) is 11.2. The molecule has 3 heterocycles. The molecule has 0 saturated carbocycles. The summed E-state index contributed by atoms with van der Waals surface area (Å²) in [6, 6.07) is 6.21. The maximum absolute atomic E-state index is 5.37. The summed E-state index contributed by atoms with van der Waals surface area (Å²) in [5.41, 5.74) is 0.829. The van der Waals surface area contributed by atoms with Crippen LogP contribution < -0.4 is 10.2 Å². The first-order valence-corrected chi connectivity index (χ1v) is 6.18. The fourth-order valence-electron chi connectivity index (χ4n) is 2.24. The van der Waals surface area contributed by atoms with Gasteiger partial charge in [-0.05, 0) is 19.1 Å². The van der Waals surface area contributed by atoms with Crippen molar-refractivity contribution in [2.24, 2.45) is 0 Å². The van der Waals surface area contributed by atoms with Gasteiger partial charge in [-0.1, -0.05) is 0 Å². The van der Waals surface area contributed by atoms with Crippen LogP contribution in [-0.2, 0) is 0 Å². The van der Waals surface area contributed by atoms with Crippen molar-refractivity contribution in [3.63, 3.8) is 0 Å². The van der Waals surface area contributed by atoms with Crippen molar-refractivity contribution in [2.45, 2.75) is 13.0 Å². The Morgan fingerprint density at radius 1 is 1.44 bits per heavy atom. The van der Waals surface area contributed by atoms with E-state index in [1.807, 2.05) is 18.2 Å². The summed E-state index contributed by atoms with van der Waals surface area (Å²) in [4.78, 5) is 10.9. The Bertz CT molecular complexity index is 511. The molecule has 0 aromatic carbocycles. The molecule has 1 aliphatic rings. The SMILES string of the molecule is C[C@H]1CNCCN1c1cc(-c2ccco2)ncn1. The molecule has 0 radical (unpaired) electrons. The van der Waals surface area contributed by atoms with Gasteiger partial charge >= 0.3 is 0 Å². The lowest BCUT2D eigenvalue weighted by atomic mass is 10.2. The third-order valence-electron chi connectivity index (χ3n) is 3.22. The second-order valence-corrected chi connectivity index (χ2v) is 4.49. The highest BCUT2D eigenvalue weighted by Gasteiger charge is 2.19. The third kappa shape index (κ3) is 2.09. The van der Waals surface area contributed by atoms with Gasteiger partial charge in [-0.3, -0.25) is 0 Å². The quantitative estimate of drug-likeness (QED) is 0.868. The number of anilines is 1. The molecule has 18 heavy (non-hydrogen) atoms. The van der Waals surface area contributed by atoms with E-state index in [0.29, 0.717) is 6.04 Å². The number of piperazine rings is 1. The zero-order valence-corrected chi connectivity index (χ0v) is 10.3. The van der Waals surface area contributed by atoms with E-state index >= 15 is 0 Å². The lowest BCUT2D eigenvalue weighted by Crippen LogP contribution is -2.50. The van der Waals surface area contributed by atoms with Gasteiger partial charge in [0.25, 0.3) is 0 Å². The Labute approximate surface area is 106 Å². The molecule has 2 aromatic rings. The number of nitrogens with zero attached hydrogens (tertiary/aromatic N) is 3. The van der Waals surface area contributed by atoms with Gasteiger partial charge in [0.1, 0.15) is 17.8 Å². The van der Waals surface area contributed by atoms with Gasteiger partial charge in [0.2, 0.25) is 0 Å². The van der Waals surface area contributed by atoms with Gasteiger partial charge in [-0.25, -0.2) is 9.97 Å². The van der Waals surface area contributed by atoms with E-state index in [1.54, 1.807) is 12.6 Å². The molecule has 0 aliphatic carbocycles. The summed E-state index contributed by atoms with van der Waals surface area (Å²) in [5, 5.41) is 3.37. The van der Waals surface area contributed by atoms with Crippen molar-refractivity contribution < 1.29 is 4.42 Å². The minimum absolute atomic E-state index is 0.443. The first-order valence-electron chi connectivity index (χ1n) is 6.18. The Kier molecular flexibility index (Phi) is 2.98. The molecule has 2 aromatic heterocycles. The summed E-state index contributed by atoms with van der Waals surface area (Å²) in [6.07, 6.45) is 3.26. The van der Waals surface area contributed by atoms with Crippen molar-refractivity contribution in [1.29, 1.82) is 0 Å². The molecule has 1 aliphatic heterocycles. The highest BCUT2D eigenvalue weighted by atomic mass is 16.3. The van der Waals surface area contributed by atoms with Crippen LogP contribution in [0.25, 0.3) is 11.5 Å². The van der Waals surface area contributed by atoms with Crippen molar-refractivity contribution in [3.05, 3.63) is 30.8 Å². The van der Waals surface area contributed by atoms with Crippen LogP contribution in [0.3, 0.4) is 0 Å². The molecule has 0 amide bonds. The van der Waals surface area contributed by atoms with Crippen molar-refractivity contribution >= 4 is 5.82 Å². The van der Waals surface area contributed by atoms with E-state index in [2.05, 4.69) is 27.1 Å². The number of rotatable bonds is 2. The Hall–Kier alpha value is -1.88. The molecule has 1 saturated heterocycles. The van der Waals surface area contributed by atoms with E-state index in [-0.39, 0.29) is 0 Å². The summed E-state index contributed by atoms with van der Waals surface area (Å²) >= 11 is 0. The lowest BCUT2D eigenvalue weighted by molar-refractivity contribution is 0.497. The van der Waals surface area contributed by atoms with E-state index in [9.17, 15) is 0 Å². The van der Waals surface area contributed by atoms with Gasteiger partial charge in [0.05, 0.1) is 6.26 Å². The smallest absolute Gasteiger partial charge is 0.152 e. The Morgan fingerprint density at radius 2 is 2.39 bits per heavy atom. The van der Waals surface area contributed by atoms with Crippen molar-refractivity contribution in [1.82, 2.24) is 15.3 Å². The number of aromatic nitrogens is 2. The lowest BCUT2D eigenvalue weighted by Gasteiger charge is -2.34. The van der Waals surface area contributed by atoms with E-state index in [4.69, 9.17) is 4.42 Å². The normalized spacial score (nSPS) is 20.1. The topological polar surface area (TPSA) is 54.2 Å². The van der Waals surface area contributed by atoms with Gasteiger partial charge in [0.15, 0.2) is 5.76 Å². The molecule has 0 spiro atoms. The monoisotopic (exact) mass is 244 g/mol. The zero-order chi connectivity index (χ0) is 12.4. The molecule has 1 N–H and O–H groups in total. The van der Waals surface area contributed by atoms with Crippen LogP contribution in [0.5, 0.6) is 0 Å². The molecule has 1 atom stereocenters. The molecular formula is C13H16N4O. The molecular weight excluding hydrogens is 228 g/mol. The molecule has 5 nitrogen and oxygen atoms in total. The molecule has 94 valence electrons. The first-order chi connectivity index (χ1) is 8.84. The standard InChI is InChI=1S/C13H16N4O/c1-10-8-14-4-5-17(10)13-7-11(15-9-16-13)12-3-2-6-18-12/h2-3,6-7,9-10,14H,4-5,8H2,1H3/t10-/m0/s1. The van der Waals surface area contributed by atoms with E-state index < -0.39 is 0 Å². The van der Waals surface area contributed by atoms with Gasteiger partial charge in [-0.2, -0.15) is 0 Å². The van der Waals surface area contributed by atoms with Gasteiger partial charge < -0.3 is 14.6 Å². The average molecular weight is 244 g/mol. The molecule has 3 rings (SSSR count). The van der Waals surface area contributed by atoms with Crippen molar-refractivity contribution in [2.75, 3.05) is 24.5 Å². The maximum atomic E-state index is 5.37. The summed E-state index contributed by atoms with van der Waals surface area (Å²) < 4.78 is 5.37. The highest BCUT2D eigenvalue weighted by molar-refractivity contribution is 5.57. The second-order valence-electron chi connectivity index (χ2n) is 4.49. The predicted molar refractivity (Wildman–Crippen MR) is 69.4 cm³/mol. The zero-order valence-electron chi connectivity index (χ0n) is 10.3. The van der Waals surface area contributed by atoms with Gasteiger partial charge in [0, 0.05) is 31.7 Å². The average Bonchev–Trinajstić information content (AvgIpc) is 2.93. The van der Waals surface area contributed by atoms with Crippen LogP contribution in [0.4, 0.5) is 5.82 Å². The van der Waals surface area contributed by atoms with E-state index in [0.717, 1.165) is 36.9 Å². The highest BCUT2D eigenvalue weighted by Crippen LogP contribution is 2.22. The molecule has 0 bridgehead atoms. The largest absolute Gasteiger partial charge is 0.463 e. The molecule has 0 unspecified atom stereocenters. The minimum Gasteiger partial charge on any atom is -0.463 e. The van der Waals surface area contributed by atoms with Crippen LogP contribution in [-0.4, -0.2) is 35.6 Å². The minimum atomic E-state index is 0.443. The molecule has 5 heteroatoms. The number of furan rings is 1. The second kappa shape index (κ2) is 4.78. The summed E-state index contributed by atoms with van der Waals surface area (Å²) in [5.74, 6) is 1.74. The fourth-order valence-corrected chi connectivity index (χ4v) is 2.24. The van der Waals surface area contributed by atoms with Crippen LogP contribution in [0, 0.1) is 0 Å². The number of nitrogens with one attached hydrogen (secondary N) is 1. The number of hydrogen-bond acceptors (Lipinski definition) is 5. The van der Waals surface area contributed by atoms with Crippen LogP contribution >= 0.6 is 0 Å². The Balaban J connectivity index is 1.91. The van der Waals surface area contributed by atoms with Crippen molar-refractivity contribution in [3.8, 4) is 11.5 Å². The van der Waals surface area contributed by atoms with Crippen LogP contribution in [0.2, 0.25) is 0 Å². The van der Waals surface area contributed by atoms with Crippen LogP contribution in [0.15, 0.2) is 35.2 Å². The number of hydrogen-bond donors (Lipinski definition) is 1. The summed E-state index contributed by atoms with van der Waals surface area (Å²) in [6.45, 7) is 5.14. The fraction of sp³-hybridized carbons (Fsp3) is 0.385.